The van der Waals surface area contributed by atoms with Crippen LogP contribution >= 0.6 is 0 Å². The predicted octanol–water partition coefficient (Wildman–Crippen LogP) is 2.18. The van der Waals surface area contributed by atoms with Crippen molar-refractivity contribution in [1.29, 1.82) is 0 Å². The molecule has 0 radical (unpaired) electrons. The summed E-state index contributed by atoms with van der Waals surface area (Å²) in [6.07, 6.45) is 2.35. The molecule has 2 rings (SSSR count). The lowest BCUT2D eigenvalue weighted by molar-refractivity contribution is 0.0512. The Bertz CT molecular complexity index is 468. The number of likely N-dealkylation sites (N-methyl/N-ethyl adjacent to an activating group) is 1. The first-order valence-corrected chi connectivity index (χ1v) is 7.68. The molecule has 1 aliphatic heterocycles. The molecule has 1 amide bonds. The number of aryl methyl sites for hydroxylation is 1. The summed E-state index contributed by atoms with van der Waals surface area (Å²) < 4.78 is 5.69. The van der Waals surface area contributed by atoms with Gasteiger partial charge in [-0.15, -0.1) is 0 Å². The Morgan fingerprint density at radius 3 is 2.76 bits per heavy atom. The lowest BCUT2D eigenvalue weighted by atomic mass is 10.1. The van der Waals surface area contributed by atoms with Gasteiger partial charge in [0.2, 0.25) is 0 Å². The highest BCUT2D eigenvalue weighted by molar-refractivity contribution is 5.94. The Balaban J connectivity index is 2.06. The van der Waals surface area contributed by atoms with E-state index in [1.54, 1.807) is 0 Å². The van der Waals surface area contributed by atoms with Gasteiger partial charge in [-0.2, -0.15) is 0 Å². The zero-order chi connectivity index (χ0) is 15.2. The molecule has 1 heterocycles. The van der Waals surface area contributed by atoms with Crippen LogP contribution in [0.15, 0.2) is 24.3 Å². The maximum Gasteiger partial charge on any atom is 0.253 e. The van der Waals surface area contributed by atoms with Crippen molar-refractivity contribution in [2.45, 2.75) is 25.9 Å². The molecule has 0 unspecified atom stereocenters. The van der Waals surface area contributed by atoms with E-state index >= 15 is 0 Å². The quantitative estimate of drug-likeness (QED) is 0.805. The highest BCUT2D eigenvalue weighted by Gasteiger charge is 2.23. The molecule has 0 spiro atoms. The molecule has 0 bridgehead atoms. The van der Waals surface area contributed by atoms with Crippen LogP contribution < -0.4 is 0 Å². The molecule has 1 fully saturated rings. The van der Waals surface area contributed by atoms with Crippen molar-refractivity contribution in [3.8, 4) is 0 Å². The van der Waals surface area contributed by atoms with E-state index in [0.29, 0.717) is 6.54 Å². The van der Waals surface area contributed by atoms with Crippen molar-refractivity contribution in [2.24, 2.45) is 0 Å². The monoisotopic (exact) mass is 290 g/mol. The Kier molecular flexibility index (Phi) is 5.76. The van der Waals surface area contributed by atoms with Gasteiger partial charge < -0.3 is 14.5 Å². The van der Waals surface area contributed by atoms with Crippen molar-refractivity contribution < 1.29 is 9.53 Å². The van der Waals surface area contributed by atoms with E-state index in [4.69, 9.17) is 4.74 Å². The molecule has 1 atom stereocenters. The molecule has 0 aliphatic carbocycles. The average molecular weight is 290 g/mol. The molecule has 0 N–H and O–H groups in total. The van der Waals surface area contributed by atoms with Gasteiger partial charge in [-0.1, -0.05) is 17.7 Å². The summed E-state index contributed by atoms with van der Waals surface area (Å²) in [5.74, 6) is 0.107. The van der Waals surface area contributed by atoms with Crippen LogP contribution in [-0.2, 0) is 4.74 Å². The molecule has 116 valence electrons. The molecular weight excluding hydrogens is 264 g/mol. The third kappa shape index (κ3) is 4.83. The van der Waals surface area contributed by atoms with E-state index in [1.807, 2.05) is 50.2 Å². The SMILES string of the molecule is Cc1cccc(C(=O)N(CCN(C)C)C[C@@H]2CCCO2)c1. The number of amides is 1. The summed E-state index contributed by atoms with van der Waals surface area (Å²) in [5, 5.41) is 0. The fourth-order valence-electron chi connectivity index (χ4n) is 2.59. The predicted molar refractivity (Wildman–Crippen MR) is 84.6 cm³/mol. The standard InChI is InChI=1S/C17H26N2O2/c1-14-6-4-7-15(12-14)17(20)19(10-9-18(2)3)13-16-8-5-11-21-16/h4,6-7,12,16H,5,8-11,13H2,1-3H3/t16-/m0/s1. The highest BCUT2D eigenvalue weighted by atomic mass is 16.5. The lowest BCUT2D eigenvalue weighted by Crippen LogP contribution is -2.41. The number of nitrogens with zero attached hydrogens (tertiary/aromatic N) is 2. The topological polar surface area (TPSA) is 32.8 Å². The maximum atomic E-state index is 12.7. The van der Waals surface area contributed by atoms with Crippen molar-refractivity contribution in [3.63, 3.8) is 0 Å². The first-order valence-electron chi connectivity index (χ1n) is 7.68. The molecule has 4 nitrogen and oxygen atoms in total. The van der Waals surface area contributed by atoms with Crippen LogP contribution in [0.1, 0.15) is 28.8 Å². The van der Waals surface area contributed by atoms with Gasteiger partial charge >= 0.3 is 0 Å². The summed E-state index contributed by atoms with van der Waals surface area (Å²) in [4.78, 5) is 16.8. The summed E-state index contributed by atoms with van der Waals surface area (Å²) in [6.45, 7) is 5.14. The second-order valence-electron chi connectivity index (χ2n) is 6.06. The second-order valence-corrected chi connectivity index (χ2v) is 6.06. The van der Waals surface area contributed by atoms with Crippen molar-refractivity contribution in [2.75, 3.05) is 40.3 Å². The van der Waals surface area contributed by atoms with Gasteiger partial charge in [-0.3, -0.25) is 4.79 Å². The third-order valence-corrected chi connectivity index (χ3v) is 3.82. The minimum atomic E-state index is 0.107. The fraction of sp³-hybridized carbons (Fsp3) is 0.588. The van der Waals surface area contributed by atoms with Gasteiger partial charge in [0, 0.05) is 31.8 Å². The normalized spacial score (nSPS) is 18.2. The van der Waals surface area contributed by atoms with Gasteiger partial charge in [0.25, 0.3) is 5.91 Å². The van der Waals surface area contributed by atoms with Crippen molar-refractivity contribution >= 4 is 5.91 Å². The smallest absolute Gasteiger partial charge is 0.253 e. The van der Waals surface area contributed by atoms with Crippen LogP contribution in [0.2, 0.25) is 0 Å². The molecule has 1 saturated heterocycles. The van der Waals surface area contributed by atoms with Crippen molar-refractivity contribution in [3.05, 3.63) is 35.4 Å². The summed E-state index contributed by atoms with van der Waals surface area (Å²) in [5.41, 5.74) is 1.89. The van der Waals surface area contributed by atoms with Crippen molar-refractivity contribution in [1.82, 2.24) is 9.80 Å². The molecule has 1 aliphatic rings. The van der Waals surface area contributed by atoms with E-state index < -0.39 is 0 Å². The highest BCUT2D eigenvalue weighted by Crippen LogP contribution is 2.15. The largest absolute Gasteiger partial charge is 0.376 e. The summed E-state index contributed by atoms with van der Waals surface area (Å²) >= 11 is 0. The minimum Gasteiger partial charge on any atom is -0.376 e. The Hall–Kier alpha value is -1.39. The van der Waals surface area contributed by atoms with Crippen LogP contribution in [0.3, 0.4) is 0 Å². The lowest BCUT2D eigenvalue weighted by Gasteiger charge is -2.27. The molecule has 4 heteroatoms. The first kappa shape index (κ1) is 16.0. The first-order chi connectivity index (χ1) is 10.1. The fourth-order valence-corrected chi connectivity index (χ4v) is 2.59. The molecular formula is C17H26N2O2. The van der Waals surface area contributed by atoms with Gasteiger partial charge in [0.15, 0.2) is 0 Å². The number of ether oxygens (including phenoxy) is 1. The van der Waals surface area contributed by atoms with Gasteiger partial charge in [0.1, 0.15) is 0 Å². The average Bonchev–Trinajstić information content (AvgIpc) is 2.95. The summed E-state index contributed by atoms with van der Waals surface area (Å²) in [7, 11) is 4.06. The van der Waals surface area contributed by atoms with Gasteiger partial charge in [0.05, 0.1) is 6.10 Å². The van der Waals surface area contributed by atoms with E-state index in [-0.39, 0.29) is 12.0 Å². The third-order valence-electron chi connectivity index (χ3n) is 3.82. The van der Waals surface area contributed by atoms with Gasteiger partial charge in [-0.05, 0) is 46.0 Å². The number of carbonyl (C=O) groups excluding carboxylic acids is 1. The Labute approximate surface area is 127 Å². The number of carbonyl (C=O) groups is 1. The van der Waals surface area contributed by atoms with Gasteiger partial charge in [-0.25, -0.2) is 0 Å². The maximum absolute atomic E-state index is 12.7. The van der Waals surface area contributed by atoms with Crippen LogP contribution in [0.25, 0.3) is 0 Å². The molecule has 0 saturated carbocycles. The molecule has 1 aromatic carbocycles. The van der Waals surface area contributed by atoms with Crippen LogP contribution in [0, 0.1) is 6.92 Å². The van der Waals surface area contributed by atoms with Crippen LogP contribution in [0.5, 0.6) is 0 Å². The number of hydrogen-bond donors (Lipinski definition) is 0. The number of hydrogen-bond acceptors (Lipinski definition) is 3. The van der Waals surface area contributed by atoms with E-state index in [1.165, 1.54) is 0 Å². The molecule has 21 heavy (non-hydrogen) atoms. The molecule has 0 aromatic heterocycles. The van der Waals surface area contributed by atoms with Crippen LogP contribution in [0.4, 0.5) is 0 Å². The minimum absolute atomic E-state index is 0.107. The number of benzene rings is 1. The van der Waals surface area contributed by atoms with E-state index in [0.717, 1.165) is 43.7 Å². The number of rotatable bonds is 6. The Morgan fingerprint density at radius 1 is 1.33 bits per heavy atom. The summed E-state index contributed by atoms with van der Waals surface area (Å²) in [6, 6.07) is 7.81. The van der Waals surface area contributed by atoms with Crippen LogP contribution in [-0.4, -0.2) is 62.1 Å². The van der Waals surface area contributed by atoms with E-state index in [9.17, 15) is 4.79 Å². The van der Waals surface area contributed by atoms with E-state index in [2.05, 4.69) is 4.90 Å². The molecule has 1 aromatic rings. The zero-order valence-corrected chi connectivity index (χ0v) is 13.3. The Morgan fingerprint density at radius 2 is 2.14 bits per heavy atom. The zero-order valence-electron chi connectivity index (χ0n) is 13.3. The second kappa shape index (κ2) is 7.57.